The molecule has 0 spiro atoms. The Labute approximate surface area is 152 Å². The minimum absolute atomic E-state index is 0.0613. The predicted octanol–water partition coefficient (Wildman–Crippen LogP) is 2.44. The van der Waals surface area contributed by atoms with Gasteiger partial charge in [0.05, 0.1) is 11.3 Å². The molecule has 1 aliphatic heterocycles. The highest BCUT2D eigenvalue weighted by Crippen LogP contribution is 2.22. The van der Waals surface area contributed by atoms with Crippen LogP contribution in [-0.4, -0.2) is 49.7 Å². The normalized spacial score (nSPS) is 16.2. The molecule has 0 saturated carbocycles. The Bertz CT molecular complexity index is 852. The minimum atomic E-state index is -3.52. The summed E-state index contributed by atoms with van der Waals surface area (Å²) in [7, 11) is -3.52. The molecule has 0 atom stereocenters. The topological polar surface area (TPSA) is 57.7 Å². The molecule has 1 fully saturated rings. The third-order valence-electron chi connectivity index (χ3n) is 4.46. The van der Waals surface area contributed by atoms with Gasteiger partial charge in [-0.3, -0.25) is 4.79 Å². The molecule has 5 nitrogen and oxygen atoms in total. The van der Waals surface area contributed by atoms with E-state index in [9.17, 15) is 13.2 Å². The SMILES string of the molecule is Cc1ccc(C)c(S(=O)(=O)N2CCN(C(=O)Cc3cccs3)CC2)c1. The molecule has 1 saturated heterocycles. The van der Waals surface area contributed by atoms with Gasteiger partial charge in [-0.15, -0.1) is 11.3 Å². The first kappa shape index (κ1) is 18.1. The van der Waals surface area contributed by atoms with Crippen molar-refractivity contribution in [3.8, 4) is 0 Å². The average Bonchev–Trinajstić information content (AvgIpc) is 3.10. The maximum Gasteiger partial charge on any atom is 0.243 e. The quantitative estimate of drug-likeness (QED) is 0.821. The lowest BCUT2D eigenvalue weighted by atomic mass is 10.2. The van der Waals surface area contributed by atoms with E-state index in [1.165, 1.54) is 4.31 Å². The number of carbonyl (C=O) groups is 1. The van der Waals surface area contributed by atoms with Crippen LogP contribution in [0.5, 0.6) is 0 Å². The van der Waals surface area contributed by atoms with Crippen molar-refractivity contribution in [1.82, 2.24) is 9.21 Å². The molecule has 0 N–H and O–H groups in total. The highest BCUT2D eigenvalue weighted by Gasteiger charge is 2.31. The molecule has 134 valence electrons. The van der Waals surface area contributed by atoms with Crippen LogP contribution in [0.3, 0.4) is 0 Å². The number of hydrogen-bond acceptors (Lipinski definition) is 4. The largest absolute Gasteiger partial charge is 0.340 e. The summed E-state index contributed by atoms with van der Waals surface area (Å²) in [5.74, 6) is 0.0613. The molecule has 25 heavy (non-hydrogen) atoms. The average molecular weight is 379 g/mol. The van der Waals surface area contributed by atoms with Crippen molar-refractivity contribution in [3.05, 3.63) is 51.7 Å². The fraction of sp³-hybridized carbons (Fsp3) is 0.389. The third kappa shape index (κ3) is 3.94. The number of piperazine rings is 1. The first-order valence-electron chi connectivity index (χ1n) is 8.25. The Hall–Kier alpha value is -1.70. The van der Waals surface area contributed by atoms with Crippen molar-refractivity contribution < 1.29 is 13.2 Å². The van der Waals surface area contributed by atoms with E-state index in [2.05, 4.69) is 0 Å². The molecule has 7 heteroatoms. The fourth-order valence-electron chi connectivity index (χ4n) is 2.98. The number of nitrogens with zero attached hydrogens (tertiary/aromatic N) is 2. The van der Waals surface area contributed by atoms with Crippen molar-refractivity contribution in [2.75, 3.05) is 26.2 Å². The number of benzene rings is 1. The zero-order valence-corrected chi connectivity index (χ0v) is 16.1. The van der Waals surface area contributed by atoms with Crippen molar-refractivity contribution in [2.24, 2.45) is 0 Å². The summed E-state index contributed by atoms with van der Waals surface area (Å²) >= 11 is 1.57. The molecule has 3 rings (SSSR count). The number of rotatable bonds is 4. The summed E-state index contributed by atoms with van der Waals surface area (Å²) in [6.45, 7) is 5.26. The van der Waals surface area contributed by atoms with E-state index in [0.717, 1.165) is 16.0 Å². The molecule has 0 radical (unpaired) electrons. The second-order valence-electron chi connectivity index (χ2n) is 6.31. The number of hydrogen-bond donors (Lipinski definition) is 0. The first-order valence-corrected chi connectivity index (χ1v) is 10.6. The van der Waals surface area contributed by atoms with Crippen LogP contribution in [-0.2, 0) is 21.2 Å². The van der Waals surface area contributed by atoms with Crippen LogP contribution in [0.25, 0.3) is 0 Å². The van der Waals surface area contributed by atoms with E-state index in [1.807, 2.05) is 43.5 Å². The smallest absolute Gasteiger partial charge is 0.243 e. The highest BCUT2D eigenvalue weighted by atomic mass is 32.2. The van der Waals surface area contributed by atoms with Gasteiger partial charge in [-0.2, -0.15) is 4.31 Å². The maximum atomic E-state index is 12.9. The molecule has 0 unspecified atom stereocenters. The van der Waals surface area contributed by atoms with Crippen molar-refractivity contribution >= 4 is 27.3 Å². The zero-order chi connectivity index (χ0) is 18.0. The Morgan fingerprint density at radius 1 is 1.12 bits per heavy atom. The van der Waals surface area contributed by atoms with Crippen LogP contribution in [0.1, 0.15) is 16.0 Å². The predicted molar refractivity (Wildman–Crippen MR) is 99.3 cm³/mol. The summed E-state index contributed by atoms with van der Waals surface area (Å²) in [6.07, 6.45) is 0.390. The Morgan fingerprint density at radius 3 is 2.48 bits per heavy atom. The van der Waals surface area contributed by atoms with Crippen LogP contribution in [0, 0.1) is 13.8 Å². The lowest BCUT2D eigenvalue weighted by molar-refractivity contribution is -0.131. The van der Waals surface area contributed by atoms with Gasteiger partial charge >= 0.3 is 0 Å². The standard InChI is InChI=1S/C18H22N2O3S2/c1-14-5-6-15(2)17(12-14)25(22,23)20-9-7-19(8-10-20)18(21)13-16-4-3-11-24-16/h3-6,11-12H,7-10,13H2,1-2H3. The maximum absolute atomic E-state index is 12.9. The van der Waals surface area contributed by atoms with E-state index < -0.39 is 10.0 Å². The molecule has 1 aromatic heterocycles. The summed E-state index contributed by atoms with van der Waals surface area (Å²) in [6, 6.07) is 9.35. The van der Waals surface area contributed by atoms with Gasteiger partial charge in [0.1, 0.15) is 0 Å². The Morgan fingerprint density at radius 2 is 1.84 bits per heavy atom. The van der Waals surface area contributed by atoms with Crippen LogP contribution >= 0.6 is 11.3 Å². The summed E-state index contributed by atoms with van der Waals surface area (Å²) in [5.41, 5.74) is 1.68. The van der Waals surface area contributed by atoms with Crippen LogP contribution in [0.4, 0.5) is 0 Å². The molecule has 1 amide bonds. The summed E-state index contributed by atoms with van der Waals surface area (Å²) in [5, 5.41) is 1.96. The third-order valence-corrected chi connectivity index (χ3v) is 7.38. The molecule has 2 aromatic rings. The Kier molecular flexibility index (Phi) is 5.27. The molecular weight excluding hydrogens is 356 g/mol. The minimum Gasteiger partial charge on any atom is -0.340 e. The van der Waals surface area contributed by atoms with E-state index in [1.54, 1.807) is 22.3 Å². The lowest BCUT2D eigenvalue weighted by Crippen LogP contribution is -2.50. The number of sulfonamides is 1. The Balaban J connectivity index is 1.67. The summed E-state index contributed by atoms with van der Waals surface area (Å²) in [4.78, 5) is 15.5. The van der Waals surface area contributed by atoms with Crippen LogP contribution in [0.15, 0.2) is 40.6 Å². The lowest BCUT2D eigenvalue weighted by Gasteiger charge is -2.34. The second kappa shape index (κ2) is 7.27. The molecule has 1 aromatic carbocycles. The second-order valence-corrected chi connectivity index (χ2v) is 9.25. The fourth-order valence-corrected chi connectivity index (χ4v) is 5.40. The van der Waals surface area contributed by atoms with Crippen molar-refractivity contribution in [3.63, 3.8) is 0 Å². The van der Waals surface area contributed by atoms with Gasteiger partial charge in [-0.25, -0.2) is 8.42 Å². The first-order chi connectivity index (χ1) is 11.9. The number of aryl methyl sites for hydroxylation is 2. The van der Waals surface area contributed by atoms with Gasteiger partial charge in [0.15, 0.2) is 0 Å². The van der Waals surface area contributed by atoms with Gasteiger partial charge in [0.2, 0.25) is 15.9 Å². The van der Waals surface area contributed by atoms with E-state index >= 15 is 0 Å². The van der Waals surface area contributed by atoms with Crippen LogP contribution in [0.2, 0.25) is 0 Å². The molecular formula is C18H22N2O3S2. The number of amides is 1. The zero-order valence-electron chi connectivity index (χ0n) is 14.4. The van der Waals surface area contributed by atoms with Gasteiger partial charge in [-0.1, -0.05) is 18.2 Å². The van der Waals surface area contributed by atoms with Gasteiger partial charge < -0.3 is 4.90 Å². The van der Waals surface area contributed by atoms with Gasteiger partial charge in [-0.05, 0) is 42.5 Å². The monoisotopic (exact) mass is 378 g/mol. The molecule has 0 aliphatic carbocycles. The van der Waals surface area contributed by atoms with E-state index in [0.29, 0.717) is 37.5 Å². The van der Waals surface area contributed by atoms with Gasteiger partial charge in [0, 0.05) is 31.1 Å². The molecule has 1 aliphatic rings. The van der Waals surface area contributed by atoms with Gasteiger partial charge in [0.25, 0.3) is 0 Å². The summed E-state index contributed by atoms with van der Waals surface area (Å²) < 4.78 is 27.3. The van der Waals surface area contributed by atoms with Crippen molar-refractivity contribution in [2.45, 2.75) is 25.2 Å². The van der Waals surface area contributed by atoms with Crippen molar-refractivity contribution in [1.29, 1.82) is 0 Å². The molecule has 0 bridgehead atoms. The highest BCUT2D eigenvalue weighted by molar-refractivity contribution is 7.89. The molecule has 2 heterocycles. The number of thiophene rings is 1. The number of carbonyl (C=O) groups excluding carboxylic acids is 1. The van der Waals surface area contributed by atoms with E-state index in [4.69, 9.17) is 0 Å². The van der Waals surface area contributed by atoms with Crippen LogP contribution < -0.4 is 0 Å². The van der Waals surface area contributed by atoms with E-state index in [-0.39, 0.29) is 5.91 Å².